The van der Waals surface area contributed by atoms with Gasteiger partial charge in [0.05, 0.1) is 0 Å². The zero-order chi connectivity index (χ0) is 13.9. The smallest absolute Gasteiger partial charge is 0.251 e. The van der Waals surface area contributed by atoms with Crippen LogP contribution in [0.15, 0.2) is 30.3 Å². The maximum Gasteiger partial charge on any atom is 0.251 e. The first-order valence-corrected chi connectivity index (χ1v) is 7.12. The number of carbonyl (C=O) groups is 1. The fraction of sp³-hybridized carbons (Fsp3) is 0.562. The van der Waals surface area contributed by atoms with Crippen molar-refractivity contribution in [2.45, 2.75) is 45.2 Å². The van der Waals surface area contributed by atoms with E-state index in [1.807, 2.05) is 30.3 Å². The van der Waals surface area contributed by atoms with Gasteiger partial charge in [-0.3, -0.25) is 4.79 Å². The average Bonchev–Trinajstić information content (AvgIpc) is 2.40. The Bertz CT molecular complexity index is 420. The van der Waals surface area contributed by atoms with E-state index in [4.69, 9.17) is 0 Å². The monoisotopic (exact) mass is 260 g/mol. The fourth-order valence-corrected chi connectivity index (χ4v) is 2.59. The SMILES string of the molecule is CC(C)N1CCC(C)(NC(=O)c2ccccc2)CC1. The highest BCUT2D eigenvalue weighted by atomic mass is 16.1. The van der Waals surface area contributed by atoms with Crippen LogP contribution in [-0.2, 0) is 0 Å². The van der Waals surface area contributed by atoms with E-state index in [1.54, 1.807) is 0 Å². The third kappa shape index (κ3) is 3.57. The molecule has 1 N–H and O–H groups in total. The lowest BCUT2D eigenvalue weighted by atomic mass is 9.88. The first-order chi connectivity index (χ1) is 9.00. The number of hydrogen-bond donors (Lipinski definition) is 1. The van der Waals surface area contributed by atoms with E-state index >= 15 is 0 Å². The predicted molar refractivity (Wildman–Crippen MR) is 78.3 cm³/mol. The molecule has 0 atom stereocenters. The molecule has 0 radical (unpaired) electrons. The van der Waals surface area contributed by atoms with Crippen LogP contribution < -0.4 is 5.32 Å². The van der Waals surface area contributed by atoms with E-state index in [0.717, 1.165) is 31.5 Å². The number of hydrogen-bond acceptors (Lipinski definition) is 2. The van der Waals surface area contributed by atoms with Crippen molar-refractivity contribution >= 4 is 5.91 Å². The average molecular weight is 260 g/mol. The van der Waals surface area contributed by atoms with Crippen molar-refractivity contribution in [2.75, 3.05) is 13.1 Å². The van der Waals surface area contributed by atoms with Gasteiger partial charge in [-0.05, 0) is 45.7 Å². The topological polar surface area (TPSA) is 32.3 Å². The summed E-state index contributed by atoms with van der Waals surface area (Å²) in [5.74, 6) is 0.0427. The zero-order valence-corrected chi connectivity index (χ0v) is 12.1. The van der Waals surface area contributed by atoms with Gasteiger partial charge in [-0.15, -0.1) is 0 Å². The molecule has 0 bridgehead atoms. The summed E-state index contributed by atoms with van der Waals surface area (Å²) in [4.78, 5) is 14.7. The van der Waals surface area contributed by atoms with E-state index < -0.39 is 0 Å². The van der Waals surface area contributed by atoms with Gasteiger partial charge in [0.2, 0.25) is 0 Å². The number of carbonyl (C=O) groups excluding carboxylic acids is 1. The summed E-state index contributed by atoms with van der Waals surface area (Å²) >= 11 is 0. The van der Waals surface area contributed by atoms with Crippen molar-refractivity contribution in [1.82, 2.24) is 10.2 Å². The minimum absolute atomic E-state index is 0.0427. The Balaban J connectivity index is 1.94. The van der Waals surface area contributed by atoms with Gasteiger partial charge in [-0.1, -0.05) is 18.2 Å². The molecular weight excluding hydrogens is 236 g/mol. The maximum atomic E-state index is 12.2. The summed E-state index contributed by atoms with van der Waals surface area (Å²) in [6.45, 7) is 8.73. The number of nitrogens with zero attached hydrogens (tertiary/aromatic N) is 1. The Morgan fingerprint density at radius 3 is 2.32 bits per heavy atom. The van der Waals surface area contributed by atoms with E-state index in [9.17, 15) is 4.79 Å². The van der Waals surface area contributed by atoms with Crippen LogP contribution in [0.4, 0.5) is 0 Å². The normalized spacial score (nSPS) is 19.4. The van der Waals surface area contributed by atoms with Crippen LogP contribution in [0.3, 0.4) is 0 Å². The number of piperidine rings is 1. The summed E-state index contributed by atoms with van der Waals surface area (Å²) in [5.41, 5.74) is 0.674. The van der Waals surface area contributed by atoms with Crippen molar-refractivity contribution in [3.8, 4) is 0 Å². The number of amides is 1. The Labute approximate surface area is 116 Å². The van der Waals surface area contributed by atoms with Gasteiger partial charge in [0.1, 0.15) is 0 Å². The Kier molecular flexibility index (Phi) is 4.25. The summed E-state index contributed by atoms with van der Waals surface area (Å²) < 4.78 is 0. The van der Waals surface area contributed by atoms with Crippen LogP contribution >= 0.6 is 0 Å². The Morgan fingerprint density at radius 1 is 1.21 bits per heavy atom. The first-order valence-electron chi connectivity index (χ1n) is 7.12. The lowest BCUT2D eigenvalue weighted by Crippen LogP contribution is -2.54. The second-order valence-electron chi connectivity index (χ2n) is 6.01. The van der Waals surface area contributed by atoms with E-state index in [2.05, 4.69) is 31.0 Å². The van der Waals surface area contributed by atoms with Crippen molar-refractivity contribution in [2.24, 2.45) is 0 Å². The summed E-state index contributed by atoms with van der Waals surface area (Å²) in [5, 5.41) is 3.21. The Morgan fingerprint density at radius 2 is 1.79 bits per heavy atom. The number of benzene rings is 1. The van der Waals surface area contributed by atoms with Gasteiger partial charge in [0, 0.05) is 30.2 Å². The second-order valence-corrected chi connectivity index (χ2v) is 6.01. The molecule has 1 saturated heterocycles. The van der Waals surface area contributed by atoms with Gasteiger partial charge in [-0.25, -0.2) is 0 Å². The fourth-order valence-electron chi connectivity index (χ4n) is 2.59. The molecule has 2 rings (SSSR count). The standard InChI is InChI=1S/C16H24N2O/c1-13(2)18-11-9-16(3,10-12-18)17-15(19)14-7-5-4-6-8-14/h4-8,13H,9-12H2,1-3H3,(H,17,19). The van der Waals surface area contributed by atoms with Crippen LogP contribution in [-0.4, -0.2) is 35.5 Å². The lowest BCUT2D eigenvalue weighted by Gasteiger charge is -2.41. The van der Waals surface area contributed by atoms with Crippen LogP contribution in [0.1, 0.15) is 44.0 Å². The molecule has 1 amide bonds. The van der Waals surface area contributed by atoms with Crippen LogP contribution in [0.25, 0.3) is 0 Å². The molecule has 0 aromatic heterocycles. The molecule has 1 aliphatic heterocycles. The maximum absolute atomic E-state index is 12.2. The van der Waals surface area contributed by atoms with E-state index in [1.165, 1.54) is 0 Å². The summed E-state index contributed by atoms with van der Waals surface area (Å²) in [6, 6.07) is 10.1. The largest absolute Gasteiger partial charge is 0.347 e. The molecule has 0 saturated carbocycles. The van der Waals surface area contributed by atoms with Gasteiger partial charge in [0.25, 0.3) is 5.91 Å². The van der Waals surface area contributed by atoms with Gasteiger partial charge in [0.15, 0.2) is 0 Å². The lowest BCUT2D eigenvalue weighted by molar-refractivity contribution is 0.0801. The molecule has 1 aromatic carbocycles. The van der Waals surface area contributed by atoms with Crippen molar-refractivity contribution in [3.05, 3.63) is 35.9 Å². The molecule has 0 unspecified atom stereocenters. The highest BCUT2D eigenvalue weighted by Gasteiger charge is 2.32. The predicted octanol–water partition coefficient (Wildman–Crippen LogP) is 2.68. The molecule has 1 heterocycles. The molecule has 1 fully saturated rings. The Hall–Kier alpha value is -1.35. The highest BCUT2D eigenvalue weighted by Crippen LogP contribution is 2.23. The number of likely N-dealkylation sites (tertiary alicyclic amines) is 1. The minimum atomic E-state index is -0.0711. The zero-order valence-electron chi connectivity index (χ0n) is 12.1. The second kappa shape index (κ2) is 5.74. The van der Waals surface area contributed by atoms with Crippen LogP contribution in [0, 0.1) is 0 Å². The summed E-state index contributed by atoms with van der Waals surface area (Å²) in [7, 11) is 0. The number of rotatable bonds is 3. The molecule has 3 heteroatoms. The first kappa shape index (κ1) is 14.1. The molecular formula is C16H24N2O. The van der Waals surface area contributed by atoms with Gasteiger partial charge in [-0.2, -0.15) is 0 Å². The van der Waals surface area contributed by atoms with E-state index in [-0.39, 0.29) is 11.4 Å². The number of nitrogens with one attached hydrogen (secondary N) is 1. The van der Waals surface area contributed by atoms with Crippen LogP contribution in [0.5, 0.6) is 0 Å². The molecule has 1 aromatic rings. The van der Waals surface area contributed by atoms with Crippen LogP contribution in [0.2, 0.25) is 0 Å². The summed E-state index contributed by atoms with van der Waals surface area (Å²) in [6.07, 6.45) is 2.04. The van der Waals surface area contributed by atoms with E-state index in [0.29, 0.717) is 6.04 Å². The molecule has 1 aliphatic rings. The molecule has 104 valence electrons. The molecule has 19 heavy (non-hydrogen) atoms. The molecule has 0 spiro atoms. The minimum Gasteiger partial charge on any atom is -0.347 e. The van der Waals surface area contributed by atoms with Gasteiger partial charge < -0.3 is 10.2 Å². The highest BCUT2D eigenvalue weighted by molar-refractivity contribution is 5.94. The van der Waals surface area contributed by atoms with Crippen molar-refractivity contribution in [1.29, 1.82) is 0 Å². The van der Waals surface area contributed by atoms with Gasteiger partial charge >= 0.3 is 0 Å². The third-order valence-corrected chi connectivity index (χ3v) is 4.08. The third-order valence-electron chi connectivity index (χ3n) is 4.08. The van der Waals surface area contributed by atoms with Crippen molar-refractivity contribution in [3.63, 3.8) is 0 Å². The molecule has 0 aliphatic carbocycles. The van der Waals surface area contributed by atoms with Crippen molar-refractivity contribution < 1.29 is 4.79 Å². The molecule has 3 nitrogen and oxygen atoms in total. The quantitative estimate of drug-likeness (QED) is 0.906.